The summed E-state index contributed by atoms with van der Waals surface area (Å²) in [5.41, 5.74) is 3.47. The van der Waals surface area contributed by atoms with E-state index in [9.17, 15) is 57.5 Å². The first kappa shape index (κ1) is 96.8. The average molecular weight is 1730 g/mol. The van der Waals surface area contributed by atoms with Crippen molar-refractivity contribution in [2.45, 2.75) is 129 Å². The molecule has 0 aliphatic carbocycles. The van der Waals surface area contributed by atoms with E-state index in [0.29, 0.717) is 87.1 Å². The van der Waals surface area contributed by atoms with E-state index >= 15 is 0 Å². The molecule has 2 heterocycles. The molecule has 37 heteroatoms. The lowest BCUT2D eigenvalue weighted by Gasteiger charge is -2.32. The zero-order chi connectivity index (χ0) is 85.1. The molecule has 2 unspecified atom stereocenters. The smallest absolute Gasteiger partial charge is 0.410 e. The van der Waals surface area contributed by atoms with Crippen molar-refractivity contribution in [2.24, 2.45) is 0 Å². The molecule has 8 rings (SSSR count). The van der Waals surface area contributed by atoms with Crippen LogP contribution in [0.4, 0.5) is 26.7 Å². The van der Waals surface area contributed by atoms with Crippen molar-refractivity contribution < 1.29 is 86.3 Å². The minimum atomic E-state index is -1.06. The van der Waals surface area contributed by atoms with Crippen LogP contribution in [0.5, 0.6) is 0 Å². The fraction of sp³-hybridized carbons (Fsp3) is 0.385. The van der Waals surface area contributed by atoms with Gasteiger partial charge in [-0.3, -0.25) is 43.3 Å². The van der Waals surface area contributed by atoms with Crippen LogP contribution in [0.15, 0.2) is 127 Å². The summed E-state index contributed by atoms with van der Waals surface area (Å²) >= 11 is 39.6. The molecule has 7 N–H and O–H groups in total. The zero-order valence-corrected chi connectivity index (χ0v) is 70.2. The van der Waals surface area contributed by atoms with Crippen LogP contribution in [0.25, 0.3) is 0 Å². The average Bonchev–Trinajstić information content (AvgIpc) is 1.77. The van der Waals surface area contributed by atoms with Crippen molar-refractivity contribution in [2.75, 3.05) is 78.1 Å². The molecule has 115 heavy (non-hydrogen) atoms. The van der Waals surface area contributed by atoms with Gasteiger partial charge in [0.2, 0.25) is 17.7 Å². The van der Waals surface area contributed by atoms with Crippen LogP contribution in [0, 0.1) is 0 Å². The molecule has 0 spiro atoms. The van der Waals surface area contributed by atoms with Crippen LogP contribution in [-0.2, 0) is 76.5 Å². The molecule has 2 saturated heterocycles. The number of amides is 8. The summed E-state index contributed by atoms with van der Waals surface area (Å²) in [4.78, 5) is 150. The monoisotopic (exact) mass is 1730 g/mol. The van der Waals surface area contributed by atoms with Gasteiger partial charge in [0.15, 0.2) is 0 Å². The summed E-state index contributed by atoms with van der Waals surface area (Å²) in [6.45, 7) is 11.9. The van der Waals surface area contributed by atoms with E-state index in [4.69, 9.17) is 117 Å². The maximum absolute atomic E-state index is 13.4. The third-order valence-corrected chi connectivity index (χ3v) is 19.9. The predicted molar refractivity (Wildman–Crippen MR) is 451 cm³/mol. The fourth-order valence-electron chi connectivity index (χ4n) is 10.6. The van der Waals surface area contributed by atoms with E-state index in [2.05, 4.69) is 43.6 Å². The lowest BCUT2D eigenvalue weighted by Crippen LogP contribution is -2.55. The summed E-state index contributed by atoms with van der Waals surface area (Å²) < 4.78 is 25.1. The maximum atomic E-state index is 13.4. The summed E-state index contributed by atoms with van der Waals surface area (Å²) in [5.74, 6) is -2.96. The standard InChI is InChI=1S/C28H32BCl2N3O6S.C22H23BCl2N2O5.C15H13Cl2NO.C13H19BN2O6S/c1-28(2,3)40-27(38)34-12-14-41-13-11-22(34)24(35)33-21(26(37)39-16-29)15-17-7-9-18(10-8-17)32-25(36)23-19(30)5-4-6-20(23)31;1-22(2,3)32-21(30)27-17(20(29)31-12-23)11-13-7-9-14(10-8-13)26-19(28)18-15(24)5-4-6-16(18)25;1-2-10-6-8-11(9-7-10)18-15(19)14-12(16)4-3-5-13(14)17;14-8-22-12(20)7-15-13(21)9-3-5-23-6-4-16(9)10(17)1-2-11(18)19/h4-10,21-22H,11-16H2,1-3H3,(H,32,36)(H,33,35);4-10,17H,11-12H2,1-3H3,(H,26,28)(H,27,30);3-9H,2H2,1H3,(H,18,19);9H,1-8H2,(H,15,21)(H,18,19)/t21-,22?;17-;;/m00../s1. The van der Waals surface area contributed by atoms with Crippen molar-refractivity contribution in [1.82, 2.24) is 25.8 Å². The quantitative estimate of drug-likeness (QED) is 0.0159. The number of nitrogens with zero attached hydrogens (tertiary/aromatic N) is 2. The number of halogens is 6. The molecule has 610 valence electrons. The first-order chi connectivity index (χ1) is 54.5. The van der Waals surface area contributed by atoms with Crippen LogP contribution in [-0.4, -0.2) is 207 Å². The molecule has 6 aromatic carbocycles. The molecule has 8 amide bonds. The molecule has 0 aromatic heterocycles. The van der Waals surface area contributed by atoms with E-state index in [1.807, 2.05) is 24.3 Å². The number of carbonyl (C=O) groups is 12. The van der Waals surface area contributed by atoms with Gasteiger partial charge in [0.25, 0.3) is 17.7 Å². The molecule has 2 fully saturated rings. The van der Waals surface area contributed by atoms with Gasteiger partial charge >= 0.3 is 36.1 Å². The third kappa shape index (κ3) is 33.7. The van der Waals surface area contributed by atoms with E-state index in [1.54, 1.807) is 168 Å². The van der Waals surface area contributed by atoms with E-state index in [1.165, 1.54) is 15.4 Å². The van der Waals surface area contributed by atoms with Crippen LogP contribution in [0.3, 0.4) is 0 Å². The van der Waals surface area contributed by atoms with E-state index in [-0.39, 0.29) is 94.8 Å². The number of carbonyl (C=O) groups excluding carboxylic acids is 11. The third-order valence-electron chi connectivity index (χ3n) is 16.1. The van der Waals surface area contributed by atoms with Crippen molar-refractivity contribution in [3.05, 3.63) is 191 Å². The number of hydrogen-bond acceptors (Lipinski definition) is 19. The van der Waals surface area contributed by atoms with Gasteiger partial charge in [-0.15, -0.1) is 0 Å². The Balaban J connectivity index is 0.000000285. The number of aliphatic carboxylic acids is 1. The molecule has 2 aliphatic heterocycles. The second-order valence-corrected chi connectivity index (χ2v) is 31.8. The van der Waals surface area contributed by atoms with Gasteiger partial charge < -0.3 is 65.6 Å². The molecule has 6 aromatic rings. The number of carboxylic acids is 1. The Morgan fingerprint density at radius 3 is 1.21 bits per heavy atom. The Morgan fingerprint density at radius 1 is 0.478 bits per heavy atom. The Kier molecular flexibility index (Phi) is 41.0. The fourth-order valence-corrected chi connectivity index (χ4v) is 14.2. The number of carboxylic acid groups (broad SMARTS) is 1. The number of aryl methyl sites for hydroxylation is 1. The number of esters is 3. The highest BCUT2D eigenvalue weighted by molar-refractivity contribution is 7.99. The summed E-state index contributed by atoms with van der Waals surface area (Å²) in [7, 11) is 15.8. The number of ether oxygens (including phenoxy) is 5. The normalized spacial score (nSPS) is 14.4. The lowest BCUT2D eigenvalue weighted by atomic mass is 10.0. The van der Waals surface area contributed by atoms with E-state index in [0.717, 1.165) is 12.1 Å². The number of hydrogen-bond donors (Lipinski definition) is 7. The molecular formula is C78H87B3Cl6N8O18S2. The van der Waals surface area contributed by atoms with Gasteiger partial charge in [0.05, 0.1) is 53.2 Å². The largest absolute Gasteiger partial charge is 0.481 e. The first-order valence-corrected chi connectivity index (χ1v) is 40.4. The molecule has 2 aliphatic rings. The summed E-state index contributed by atoms with van der Waals surface area (Å²) in [6, 6.07) is 32.0. The topological polar surface area (TPSA) is 350 Å². The van der Waals surface area contributed by atoms with Gasteiger partial charge in [-0.05, 0) is 162 Å². The zero-order valence-electron chi connectivity index (χ0n) is 64.1. The number of benzene rings is 6. The molecular weight excluding hydrogens is 1650 g/mol. The molecule has 26 nitrogen and oxygen atoms in total. The van der Waals surface area contributed by atoms with E-state index < -0.39 is 95.1 Å². The predicted octanol–water partition coefficient (Wildman–Crippen LogP) is 12.8. The molecule has 0 bridgehead atoms. The molecule has 6 radical (unpaired) electrons. The molecule has 4 atom stereocenters. The van der Waals surface area contributed by atoms with Gasteiger partial charge in [-0.2, -0.15) is 23.5 Å². The van der Waals surface area contributed by atoms with Crippen LogP contribution >= 0.6 is 93.1 Å². The maximum Gasteiger partial charge on any atom is 0.410 e. The van der Waals surface area contributed by atoms with Crippen LogP contribution < -0.4 is 31.9 Å². The van der Waals surface area contributed by atoms with Crippen molar-refractivity contribution in [3.63, 3.8) is 0 Å². The summed E-state index contributed by atoms with van der Waals surface area (Å²) in [5, 5.41) is 26.2. The highest BCUT2D eigenvalue weighted by atomic mass is 35.5. The highest BCUT2D eigenvalue weighted by Crippen LogP contribution is 2.30. The van der Waals surface area contributed by atoms with Crippen molar-refractivity contribution in [1.29, 1.82) is 0 Å². The minimum Gasteiger partial charge on any atom is -0.481 e. The Morgan fingerprint density at radius 2 is 0.843 bits per heavy atom. The Labute approximate surface area is 710 Å². The van der Waals surface area contributed by atoms with Gasteiger partial charge in [-0.1, -0.05) is 131 Å². The van der Waals surface area contributed by atoms with Crippen molar-refractivity contribution in [3.8, 4) is 0 Å². The number of anilines is 3. The summed E-state index contributed by atoms with van der Waals surface area (Å²) in [6.07, 6.45) is 0.253. The minimum absolute atomic E-state index is 0.0864. The number of nitrogens with one attached hydrogen (secondary N) is 6. The second kappa shape index (κ2) is 48.7. The molecule has 0 saturated carbocycles. The second-order valence-electron chi connectivity index (χ2n) is 26.9. The first-order valence-electron chi connectivity index (χ1n) is 35.8. The van der Waals surface area contributed by atoms with Gasteiger partial charge in [-0.25, -0.2) is 19.2 Å². The SMILES string of the molecule is CCc1ccc(NC(=O)c2c(Cl)cccc2Cl)cc1.[B]COC(=O)CNC(=O)C1CCSCCN1C(=O)CCC(=O)O.[B]COC(=O)[C@H](Cc1ccc(NC(=O)c2c(Cl)cccc2Cl)cc1)NC(=O)C1CCSCCN1C(=O)OC(C)(C)C.[B]COC(=O)[C@H](Cc1ccc(NC(=O)c2c(Cl)cccc2Cl)cc1)NC(=O)OC(C)(C)C. The number of thioether (sulfide) groups is 2. The van der Waals surface area contributed by atoms with Gasteiger partial charge in [0, 0.05) is 80.4 Å². The highest BCUT2D eigenvalue weighted by Gasteiger charge is 2.37. The number of alkyl carbamates (subject to hydrolysis) is 1. The van der Waals surface area contributed by atoms with Crippen LogP contribution in [0.2, 0.25) is 30.1 Å². The Hall–Kier alpha value is -8.81. The Bertz CT molecular complexity index is 4280. The van der Waals surface area contributed by atoms with Crippen LogP contribution in [0.1, 0.15) is 122 Å². The lowest BCUT2D eigenvalue weighted by molar-refractivity contribution is -0.146. The van der Waals surface area contributed by atoms with Gasteiger partial charge in [0.1, 0.15) is 65.5 Å². The van der Waals surface area contributed by atoms with Crippen molar-refractivity contribution >= 4 is 205 Å². The number of rotatable bonds is 25.